The second-order valence-electron chi connectivity index (χ2n) is 7.03. The number of thiophene rings is 1. The second kappa shape index (κ2) is 7.28. The number of carbonyl (C=O) groups is 1. The number of fused-ring (bicyclic) bond motifs is 1. The van der Waals surface area contributed by atoms with Crippen LogP contribution >= 0.6 is 11.3 Å². The van der Waals surface area contributed by atoms with Crippen molar-refractivity contribution in [1.82, 2.24) is 14.4 Å². The number of piperazine rings is 1. The van der Waals surface area contributed by atoms with Gasteiger partial charge in [-0.1, -0.05) is 13.8 Å². The third-order valence-corrected chi connectivity index (χ3v) is 6.29. The number of hydrogen-bond acceptors (Lipinski definition) is 3. The van der Waals surface area contributed by atoms with Crippen LogP contribution < -0.4 is 0 Å². The van der Waals surface area contributed by atoms with E-state index >= 15 is 0 Å². The highest BCUT2D eigenvalue weighted by atomic mass is 32.1. The van der Waals surface area contributed by atoms with E-state index in [0.29, 0.717) is 12.1 Å². The molecule has 3 rings (SSSR count). The van der Waals surface area contributed by atoms with Gasteiger partial charge >= 0.3 is 0 Å². The SMILES string of the molecule is CCC(CC)N1CCN(C(=O)c2cc3cn(C(C)C)cc3s2)CC1. The summed E-state index contributed by atoms with van der Waals surface area (Å²) in [7, 11) is 0. The zero-order valence-electron chi connectivity index (χ0n) is 15.3. The quantitative estimate of drug-likeness (QED) is 0.810. The predicted molar refractivity (Wildman–Crippen MR) is 102 cm³/mol. The van der Waals surface area contributed by atoms with Crippen molar-refractivity contribution in [2.24, 2.45) is 0 Å². The molecule has 0 atom stereocenters. The van der Waals surface area contributed by atoms with Crippen LogP contribution in [0.5, 0.6) is 0 Å². The summed E-state index contributed by atoms with van der Waals surface area (Å²) in [6.07, 6.45) is 6.70. The molecule has 0 radical (unpaired) electrons. The Kier molecular flexibility index (Phi) is 5.30. The van der Waals surface area contributed by atoms with Gasteiger partial charge in [-0.15, -0.1) is 11.3 Å². The molecule has 2 aromatic heterocycles. The third kappa shape index (κ3) is 3.38. The van der Waals surface area contributed by atoms with Crippen LogP contribution in [0.2, 0.25) is 0 Å². The van der Waals surface area contributed by atoms with Gasteiger partial charge < -0.3 is 9.47 Å². The van der Waals surface area contributed by atoms with E-state index in [1.807, 2.05) is 4.90 Å². The van der Waals surface area contributed by atoms with E-state index in [1.54, 1.807) is 11.3 Å². The van der Waals surface area contributed by atoms with E-state index in [2.05, 4.69) is 55.6 Å². The molecular formula is C19H29N3OS. The maximum atomic E-state index is 12.8. The minimum Gasteiger partial charge on any atom is -0.350 e. The molecule has 24 heavy (non-hydrogen) atoms. The molecular weight excluding hydrogens is 318 g/mol. The van der Waals surface area contributed by atoms with Crippen LogP contribution in [0.4, 0.5) is 0 Å². The van der Waals surface area contributed by atoms with Crippen LogP contribution in [0.3, 0.4) is 0 Å². The molecule has 0 aromatic carbocycles. The molecule has 0 unspecified atom stereocenters. The molecule has 0 bridgehead atoms. The summed E-state index contributed by atoms with van der Waals surface area (Å²) in [5.74, 6) is 0.205. The smallest absolute Gasteiger partial charge is 0.264 e. The van der Waals surface area contributed by atoms with Gasteiger partial charge in [-0.3, -0.25) is 9.69 Å². The Morgan fingerprint density at radius 2 is 1.79 bits per heavy atom. The average Bonchev–Trinajstić information content (AvgIpc) is 3.15. The minimum atomic E-state index is 0.205. The number of nitrogens with zero attached hydrogens (tertiary/aromatic N) is 3. The summed E-state index contributed by atoms with van der Waals surface area (Å²) in [4.78, 5) is 18.3. The Balaban J connectivity index is 1.66. The first-order chi connectivity index (χ1) is 11.5. The highest BCUT2D eigenvalue weighted by Gasteiger charge is 2.26. The van der Waals surface area contributed by atoms with Crippen LogP contribution in [0.1, 0.15) is 56.3 Å². The van der Waals surface area contributed by atoms with Crippen molar-refractivity contribution in [1.29, 1.82) is 0 Å². The lowest BCUT2D eigenvalue weighted by Crippen LogP contribution is -2.51. The Bertz CT molecular complexity index is 659. The van der Waals surface area contributed by atoms with E-state index in [1.165, 1.54) is 22.9 Å². The van der Waals surface area contributed by atoms with E-state index in [9.17, 15) is 4.79 Å². The fraction of sp³-hybridized carbons (Fsp3) is 0.632. The van der Waals surface area contributed by atoms with Gasteiger partial charge in [-0.2, -0.15) is 0 Å². The summed E-state index contributed by atoms with van der Waals surface area (Å²) in [5.41, 5.74) is 0. The van der Waals surface area contributed by atoms with Crippen molar-refractivity contribution in [2.75, 3.05) is 26.2 Å². The third-order valence-electron chi connectivity index (χ3n) is 5.21. The highest BCUT2D eigenvalue weighted by Crippen LogP contribution is 2.29. The topological polar surface area (TPSA) is 28.5 Å². The first kappa shape index (κ1) is 17.5. The van der Waals surface area contributed by atoms with Gasteiger partial charge in [-0.05, 0) is 32.8 Å². The van der Waals surface area contributed by atoms with Crippen molar-refractivity contribution in [3.05, 3.63) is 23.3 Å². The van der Waals surface area contributed by atoms with Gasteiger partial charge in [0.15, 0.2) is 0 Å². The molecule has 1 aliphatic rings. The summed E-state index contributed by atoms with van der Waals surface area (Å²) in [6, 6.07) is 3.19. The standard InChI is InChI=1S/C19H29N3OS/c1-5-16(6-2)20-7-9-21(10-8-20)19(23)17-11-15-12-22(14(3)4)13-18(15)24-17/h11-14,16H,5-10H2,1-4H3. The number of rotatable bonds is 5. The van der Waals surface area contributed by atoms with Crippen molar-refractivity contribution in [2.45, 2.75) is 52.6 Å². The molecule has 1 saturated heterocycles. The molecule has 0 N–H and O–H groups in total. The second-order valence-corrected chi connectivity index (χ2v) is 8.11. The van der Waals surface area contributed by atoms with E-state index in [-0.39, 0.29) is 5.91 Å². The van der Waals surface area contributed by atoms with Crippen LogP contribution in [0, 0.1) is 0 Å². The lowest BCUT2D eigenvalue weighted by Gasteiger charge is -2.38. The van der Waals surface area contributed by atoms with Crippen molar-refractivity contribution >= 4 is 27.3 Å². The minimum absolute atomic E-state index is 0.205. The first-order valence-corrected chi connectivity index (χ1v) is 9.99. The van der Waals surface area contributed by atoms with Crippen LogP contribution in [-0.2, 0) is 0 Å². The molecule has 1 amide bonds. The van der Waals surface area contributed by atoms with Crippen molar-refractivity contribution in [3.8, 4) is 0 Å². The molecule has 3 heterocycles. The largest absolute Gasteiger partial charge is 0.350 e. The van der Waals surface area contributed by atoms with E-state index in [4.69, 9.17) is 0 Å². The Hall–Kier alpha value is -1.33. The monoisotopic (exact) mass is 347 g/mol. The van der Waals surface area contributed by atoms with Gasteiger partial charge in [0.2, 0.25) is 0 Å². The number of amides is 1. The summed E-state index contributed by atoms with van der Waals surface area (Å²) in [5, 5.41) is 1.19. The molecule has 132 valence electrons. The fourth-order valence-corrected chi connectivity index (χ4v) is 4.65. The fourth-order valence-electron chi connectivity index (χ4n) is 3.61. The normalized spacial score (nSPS) is 16.7. The van der Waals surface area contributed by atoms with Gasteiger partial charge in [-0.25, -0.2) is 0 Å². The highest BCUT2D eigenvalue weighted by molar-refractivity contribution is 7.20. The zero-order chi connectivity index (χ0) is 17.3. The molecule has 2 aromatic rings. The molecule has 0 aliphatic carbocycles. The van der Waals surface area contributed by atoms with Gasteiger partial charge in [0.05, 0.1) is 9.58 Å². The van der Waals surface area contributed by atoms with Gasteiger partial charge in [0.25, 0.3) is 5.91 Å². The molecule has 0 spiro atoms. The molecule has 1 fully saturated rings. The zero-order valence-corrected chi connectivity index (χ0v) is 16.1. The van der Waals surface area contributed by atoms with Crippen LogP contribution in [0.15, 0.2) is 18.5 Å². The summed E-state index contributed by atoms with van der Waals surface area (Å²) < 4.78 is 3.42. The van der Waals surface area contributed by atoms with E-state index in [0.717, 1.165) is 31.1 Å². The average molecular weight is 348 g/mol. The van der Waals surface area contributed by atoms with Crippen molar-refractivity contribution < 1.29 is 4.79 Å². The number of carbonyl (C=O) groups excluding carboxylic acids is 1. The lowest BCUT2D eigenvalue weighted by molar-refractivity contribution is 0.0564. The van der Waals surface area contributed by atoms with E-state index < -0.39 is 0 Å². The van der Waals surface area contributed by atoms with Crippen LogP contribution in [-0.4, -0.2) is 52.5 Å². The maximum absolute atomic E-state index is 12.8. The van der Waals surface area contributed by atoms with Gasteiger partial charge in [0.1, 0.15) is 0 Å². The Morgan fingerprint density at radius 3 is 2.33 bits per heavy atom. The first-order valence-electron chi connectivity index (χ1n) is 9.17. The number of aromatic nitrogens is 1. The van der Waals surface area contributed by atoms with Crippen molar-refractivity contribution in [3.63, 3.8) is 0 Å². The van der Waals surface area contributed by atoms with Crippen LogP contribution in [0.25, 0.3) is 10.1 Å². The van der Waals surface area contributed by atoms with Gasteiger partial charge in [0, 0.05) is 56.0 Å². The summed E-state index contributed by atoms with van der Waals surface area (Å²) in [6.45, 7) is 12.6. The molecule has 0 saturated carbocycles. The molecule has 4 nitrogen and oxygen atoms in total. The Labute approximate surface area is 149 Å². The maximum Gasteiger partial charge on any atom is 0.264 e. The lowest BCUT2D eigenvalue weighted by atomic mass is 10.1. The summed E-state index contributed by atoms with van der Waals surface area (Å²) >= 11 is 1.63. The number of hydrogen-bond donors (Lipinski definition) is 0. The predicted octanol–water partition coefficient (Wildman–Crippen LogP) is 4.23. The Morgan fingerprint density at radius 1 is 1.12 bits per heavy atom. The molecule has 1 aliphatic heterocycles. The molecule has 5 heteroatoms.